The highest BCUT2D eigenvalue weighted by Gasteiger charge is 2.59. The monoisotopic (exact) mass is 678 g/mol. The van der Waals surface area contributed by atoms with Gasteiger partial charge in [0.15, 0.2) is 11.6 Å². The summed E-state index contributed by atoms with van der Waals surface area (Å²) in [5, 5.41) is 23.6. The van der Waals surface area contributed by atoms with Crippen molar-refractivity contribution in [1.29, 1.82) is 0 Å². The molecule has 0 unspecified atom stereocenters. The Hall–Kier alpha value is -2.94. The first-order valence-electron chi connectivity index (χ1n) is 18.0. The van der Waals surface area contributed by atoms with Crippen molar-refractivity contribution in [3.63, 3.8) is 0 Å². The number of aliphatic hydroxyl groups excluding tert-OH is 1. The molecule has 0 aromatic rings. The SMILES string of the molecule is COC(=O)[C@]12CC(=O)[C@H](C(C)C)CC(=O)/C(C)=C/CC/C(C)=C/C(=O)[C@H]1CC(C)=C1C[C@H](O)[C@](C)(O)[C@H]3CC=C(C)[C@H](CC/C(C)=C/[C@@H]12)O3. The maximum Gasteiger partial charge on any atom is 0.313 e. The molecule has 0 saturated carbocycles. The third-order valence-electron chi connectivity index (χ3n) is 11.9. The van der Waals surface area contributed by atoms with Crippen molar-refractivity contribution in [2.24, 2.45) is 29.1 Å². The van der Waals surface area contributed by atoms with Crippen LogP contribution >= 0.6 is 0 Å². The number of methoxy groups -OCH3 is 1. The number of hydrogen-bond donors (Lipinski definition) is 2. The Labute approximate surface area is 292 Å². The molecule has 8 heteroatoms. The largest absolute Gasteiger partial charge is 0.469 e. The van der Waals surface area contributed by atoms with E-state index >= 15 is 0 Å². The summed E-state index contributed by atoms with van der Waals surface area (Å²) in [6, 6.07) is 0. The lowest BCUT2D eigenvalue weighted by molar-refractivity contribution is -0.173. The smallest absolute Gasteiger partial charge is 0.313 e. The molecule has 2 aliphatic carbocycles. The molecule has 0 fully saturated rings. The maximum absolute atomic E-state index is 14.6. The number of Topliss-reactive ketones (excluding diaryl/α,β-unsaturated/α-hetero) is 2. The van der Waals surface area contributed by atoms with Gasteiger partial charge < -0.3 is 19.7 Å². The minimum Gasteiger partial charge on any atom is -0.469 e. The zero-order valence-electron chi connectivity index (χ0n) is 31.1. The molecule has 0 spiro atoms. The van der Waals surface area contributed by atoms with Gasteiger partial charge in [-0.3, -0.25) is 19.2 Å². The van der Waals surface area contributed by atoms with Crippen molar-refractivity contribution in [3.05, 3.63) is 57.7 Å². The van der Waals surface area contributed by atoms with Crippen molar-refractivity contribution in [2.75, 3.05) is 7.11 Å². The quantitative estimate of drug-likeness (QED) is 0.239. The van der Waals surface area contributed by atoms with E-state index in [0.29, 0.717) is 43.3 Å². The van der Waals surface area contributed by atoms with E-state index in [1.54, 1.807) is 19.9 Å². The van der Waals surface area contributed by atoms with Crippen molar-refractivity contribution < 1.29 is 38.9 Å². The van der Waals surface area contributed by atoms with Crippen LogP contribution < -0.4 is 0 Å². The van der Waals surface area contributed by atoms with Crippen molar-refractivity contribution in [3.8, 4) is 0 Å². The fourth-order valence-electron chi connectivity index (χ4n) is 8.44. The molecule has 2 N–H and O–H groups in total. The topological polar surface area (TPSA) is 127 Å². The highest BCUT2D eigenvalue weighted by molar-refractivity contribution is 6.02. The van der Waals surface area contributed by atoms with Gasteiger partial charge in [-0.25, -0.2) is 0 Å². The maximum atomic E-state index is 14.6. The molecule has 0 aromatic heterocycles. The summed E-state index contributed by atoms with van der Waals surface area (Å²) in [5.74, 6) is -3.81. The fraction of sp³-hybridized carbons (Fsp3) is 0.659. The van der Waals surface area contributed by atoms with Crippen LogP contribution in [0.25, 0.3) is 0 Å². The number of allylic oxidation sites excluding steroid dienone is 7. The van der Waals surface area contributed by atoms with Crippen LogP contribution in [0, 0.1) is 29.1 Å². The minimum absolute atomic E-state index is 0.0132. The molecule has 49 heavy (non-hydrogen) atoms. The highest BCUT2D eigenvalue weighted by atomic mass is 16.5. The number of hydrogen-bond acceptors (Lipinski definition) is 8. The van der Waals surface area contributed by atoms with Gasteiger partial charge in [-0.2, -0.15) is 0 Å². The number of fused-ring (bicyclic) bond motifs is 5. The van der Waals surface area contributed by atoms with Gasteiger partial charge >= 0.3 is 5.97 Å². The first kappa shape index (κ1) is 38.9. The highest BCUT2D eigenvalue weighted by Crippen LogP contribution is 2.55. The van der Waals surface area contributed by atoms with Gasteiger partial charge in [0.2, 0.25) is 0 Å². The van der Waals surface area contributed by atoms with Crippen molar-refractivity contribution in [1.82, 2.24) is 0 Å². The predicted octanol–water partition coefficient (Wildman–Crippen LogP) is 6.89. The van der Waals surface area contributed by atoms with Crippen LogP contribution in [0.3, 0.4) is 0 Å². The lowest BCUT2D eigenvalue weighted by Crippen LogP contribution is -2.55. The predicted molar refractivity (Wildman–Crippen MR) is 189 cm³/mol. The van der Waals surface area contributed by atoms with Crippen molar-refractivity contribution >= 4 is 23.3 Å². The summed E-state index contributed by atoms with van der Waals surface area (Å²) in [4.78, 5) is 57.1. The lowest BCUT2D eigenvalue weighted by Gasteiger charge is -2.49. The van der Waals surface area contributed by atoms with Crippen molar-refractivity contribution in [2.45, 2.75) is 137 Å². The number of ether oxygens (including phenoxy) is 2. The number of aliphatic hydroxyl groups is 2. The van der Waals surface area contributed by atoms with Gasteiger partial charge in [0.05, 0.1) is 30.8 Å². The molecular formula is C41H58O8. The van der Waals surface area contributed by atoms with E-state index in [-0.39, 0.29) is 55.1 Å². The van der Waals surface area contributed by atoms with E-state index in [0.717, 1.165) is 22.3 Å². The van der Waals surface area contributed by atoms with Crippen LogP contribution in [0.15, 0.2) is 57.7 Å². The van der Waals surface area contributed by atoms with Crippen LogP contribution in [0.5, 0.6) is 0 Å². The summed E-state index contributed by atoms with van der Waals surface area (Å²) >= 11 is 0. The Morgan fingerprint density at radius 3 is 2.35 bits per heavy atom. The van der Waals surface area contributed by atoms with E-state index in [1.807, 2.05) is 53.7 Å². The van der Waals surface area contributed by atoms with Crippen LogP contribution in [-0.4, -0.2) is 64.6 Å². The Morgan fingerprint density at radius 1 is 1.00 bits per heavy atom. The van der Waals surface area contributed by atoms with Gasteiger partial charge in [-0.05, 0) is 110 Å². The molecule has 2 heterocycles. The van der Waals surface area contributed by atoms with Crippen LogP contribution in [-0.2, 0) is 28.7 Å². The summed E-state index contributed by atoms with van der Waals surface area (Å²) in [5.41, 5.74) is 1.73. The average molecular weight is 679 g/mol. The summed E-state index contributed by atoms with van der Waals surface area (Å²) in [7, 11) is 1.29. The van der Waals surface area contributed by atoms with Gasteiger partial charge in [0.25, 0.3) is 0 Å². The first-order valence-corrected chi connectivity index (χ1v) is 18.0. The number of esters is 1. The molecule has 0 amide bonds. The number of rotatable bonds is 2. The first-order chi connectivity index (χ1) is 22.9. The minimum atomic E-state index is -1.64. The Kier molecular flexibility index (Phi) is 12.3. The molecule has 270 valence electrons. The van der Waals surface area contributed by atoms with Crippen LogP contribution in [0.2, 0.25) is 0 Å². The second-order valence-corrected chi connectivity index (χ2v) is 15.8. The van der Waals surface area contributed by atoms with E-state index < -0.39 is 46.9 Å². The Balaban J connectivity index is 2.00. The lowest BCUT2D eigenvalue weighted by atomic mass is 9.53. The Morgan fingerprint density at radius 2 is 1.69 bits per heavy atom. The summed E-state index contributed by atoms with van der Waals surface area (Å²) in [6.45, 7) is 15.0. The Bertz CT molecular complexity index is 1490. The second kappa shape index (κ2) is 15.5. The number of ketones is 3. The summed E-state index contributed by atoms with van der Waals surface area (Å²) in [6.07, 6.45) is 8.15. The molecular weight excluding hydrogens is 620 g/mol. The zero-order chi connectivity index (χ0) is 36.4. The van der Waals surface area contributed by atoms with Gasteiger partial charge in [0, 0.05) is 30.6 Å². The second-order valence-electron chi connectivity index (χ2n) is 15.8. The third-order valence-corrected chi connectivity index (χ3v) is 11.9. The normalized spacial score (nSPS) is 39.0. The van der Waals surface area contributed by atoms with E-state index in [9.17, 15) is 29.4 Å². The van der Waals surface area contributed by atoms with E-state index in [2.05, 4.69) is 6.08 Å². The third kappa shape index (κ3) is 8.02. The molecule has 0 aromatic carbocycles. The van der Waals surface area contributed by atoms with E-state index in [1.165, 1.54) is 7.11 Å². The standard InChI is InChI=1S/C41H58O8/c1-23(2)29-20-33(42)26(5)12-10-11-24(3)18-34(43)32-19-28(7)30-21-37(45)40(8,47)38-16-14-27(6)36(49-38)15-13-25(4)17-31(30)41(32,22-35(29)44)39(46)48-9/h12,14,17-18,23,29,31-32,36-38,45,47H,10-11,13,15-16,19-22H2,1-9H3/b24-18+,25-17+,26-12+/t29-,31-,32+,36-,37-,38+,40-,41-/m0/s1. The fourth-order valence-corrected chi connectivity index (χ4v) is 8.44. The van der Waals surface area contributed by atoms with Gasteiger partial charge in [-0.15, -0.1) is 0 Å². The van der Waals surface area contributed by atoms with Crippen LogP contribution in [0.1, 0.15) is 113 Å². The molecule has 4 rings (SSSR count). The zero-order valence-corrected chi connectivity index (χ0v) is 31.1. The molecule has 8 atom stereocenters. The molecule has 2 aliphatic heterocycles. The molecule has 8 nitrogen and oxygen atoms in total. The molecule has 2 bridgehead atoms. The van der Waals surface area contributed by atoms with E-state index in [4.69, 9.17) is 9.47 Å². The summed E-state index contributed by atoms with van der Waals surface area (Å²) < 4.78 is 12.0. The number of carbonyl (C=O) groups is 4. The molecule has 4 aliphatic rings. The molecule has 0 saturated heterocycles. The van der Waals surface area contributed by atoms with Gasteiger partial charge in [-0.1, -0.05) is 54.4 Å². The van der Waals surface area contributed by atoms with Crippen LogP contribution in [0.4, 0.5) is 0 Å². The molecule has 0 radical (unpaired) electrons. The average Bonchev–Trinajstić information content (AvgIpc) is 3.03. The van der Waals surface area contributed by atoms with Gasteiger partial charge in [0.1, 0.15) is 11.4 Å². The number of carbonyl (C=O) groups excluding carboxylic acids is 4.